The molecule has 0 aliphatic heterocycles. The Morgan fingerprint density at radius 3 is 2.14 bits per heavy atom. The van der Waals surface area contributed by atoms with E-state index in [2.05, 4.69) is 5.10 Å². The number of rotatable bonds is 4. The number of hydrogen-bond donors (Lipinski definition) is 1. The Bertz CT molecular complexity index is 1160. The summed E-state index contributed by atoms with van der Waals surface area (Å²) in [6.07, 6.45) is 4.50. The minimum absolute atomic E-state index is 0.0616. The molecule has 2 aromatic heterocycles. The number of carbonyl (C=O) groups is 1. The van der Waals surface area contributed by atoms with Crippen molar-refractivity contribution in [3.8, 4) is 11.5 Å². The number of nitrogens with one attached hydrogen (secondary N) is 1. The monoisotopic (exact) mass is 400 g/mol. The minimum Gasteiger partial charge on any atom is -0.317 e. The molecule has 9 heteroatoms. The predicted octanol–water partition coefficient (Wildman–Crippen LogP) is 4.47. The summed E-state index contributed by atoms with van der Waals surface area (Å²) in [5.74, 6) is -7.35. The molecule has 0 spiro atoms. The fourth-order valence-electron chi connectivity index (χ4n) is 2.85. The molecular formula is C20H12F4N4O. The lowest BCUT2D eigenvalue weighted by atomic mass is 10.2. The van der Waals surface area contributed by atoms with Crippen molar-refractivity contribution in [1.82, 2.24) is 14.3 Å². The Morgan fingerprint density at radius 1 is 0.897 bits per heavy atom. The first-order valence-electron chi connectivity index (χ1n) is 8.38. The number of amides is 1. The highest BCUT2D eigenvalue weighted by molar-refractivity contribution is 6.06. The molecule has 0 saturated carbocycles. The second kappa shape index (κ2) is 7.27. The van der Waals surface area contributed by atoms with Crippen molar-refractivity contribution >= 4 is 11.6 Å². The standard InChI is InChI=1S/C20H12F4N4O/c21-14-10-15(22)17(24)18(16(14)23)26-19(29)13-11-25-28(12-6-2-1-3-7-12)20(13)27-8-4-5-9-27/h1-11H,(H,26,29). The number of nitrogens with zero attached hydrogens (tertiary/aromatic N) is 3. The molecule has 1 amide bonds. The zero-order valence-corrected chi connectivity index (χ0v) is 14.6. The maximum absolute atomic E-state index is 13.9. The van der Waals surface area contributed by atoms with E-state index in [1.165, 1.54) is 10.9 Å². The summed E-state index contributed by atoms with van der Waals surface area (Å²) >= 11 is 0. The van der Waals surface area contributed by atoms with Crippen LogP contribution in [0.25, 0.3) is 11.5 Å². The molecule has 29 heavy (non-hydrogen) atoms. The van der Waals surface area contributed by atoms with Crippen LogP contribution in [-0.4, -0.2) is 20.3 Å². The summed E-state index contributed by atoms with van der Waals surface area (Å²) in [5.41, 5.74) is -0.642. The van der Waals surface area contributed by atoms with Crippen molar-refractivity contribution in [2.75, 3.05) is 5.32 Å². The molecule has 0 saturated heterocycles. The second-order valence-electron chi connectivity index (χ2n) is 6.02. The Balaban J connectivity index is 1.81. The van der Waals surface area contributed by atoms with Crippen LogP contribution in [0.4, 0.5) is 23.2 Å². The van der Waals surface area contributed by atoms with E-state index >= 15 is 0 Å². The third-order valence-electron chi connectivity index (χ3n) is 4.19. The van der Waals surface area contributed by atoms with Gasteiger partial charge in [-0.05, 0) is 24.3 Å². The zero-order valence-electron chi connectivity index (χ0n) is 14.6. The van der Waals surface area contributed by atoms with Gasteiger partial charge in [0, 0.05) is 18.5 Å². The van der Waals surface area contributed by atoms with Crippen molar-refractivity contribution in [3.63, 3.8) is 0 Å². The van der Waals surface area contributed by atoms with Gasteiger partial charge in [-0.3, -0.25) is 4.79 Å². The fourth-order valence-corrected chi connectivity index (χ4v) is 2.85. The number of anilines is 1. The van der Waals surface area contributed by atoms with Gasteiger partial charge in [-0.2, -0.15) is 5.10 Å². The van der Waals surface area contributed by atoms with E-state index < -0.39 is 34.9 Å². The molecule has 2 heterocycles. The van der Waals surface area contributed by atoms with Gasteiger partial charge in [-0.1, -0.05) is 18.2 Å². The Morgan fingerprint density at radius 2 is 1.52 bits per heavy atom. The lowest BCUT2D eigenvalue weighted by molar-refractivity contribution is 0.102. The lowest BCUT2D eigenvalue weighted by Gasteiger charge is -2.12. The third-order valence-corrected chi connectivity index (χ3v) is 4.19. The molecule has 146 valence electrons. The second-order valence-corrected chi connectivity index (χ2v) is 6.02. The smallest absolute Gasteiger partial charge is 0.261 e. The number of hydrogen-bond acceptors (Lipinski definition) is 2. The SMILES string of the molecule is O=C(Nc1c(F)c(F)cc(F)c1F)c1cnn(-c2ccccc2)c1-n1cccc1. The zero-order chi connectivity index (χ0) is 20.5. The van der Waals surface area contributed by atoms with Gasteiger partial charge in [0.25, 0.3) is 5.91 Å². The topological polar surface area (TPSA) is 51.9 Å². The Labute approximate surface area is 161 Å². The van der Waals surface area contributed by atoms with E-state index in [0.29, 0.717) is 5.69 Å². The van der Waals surface area contributed by atoms with E-state index in [1.54, 1.807) is 59.4 Å². The van der Waals surface area contributed by atoms with Gasteiger partial charge >= 0.3 is 0 Å². The normalized spacial score (nSPS) is 10.9. The number of para-hydroxylation sites is 1. The van der Waals surface area contributed by atoms with Crippen LogP contribution in [0.2, 0.25) is 0 Å². The van der Waals surface area contributed by atoms with Crippen LogP contribution in [0.1, 0.15) is 10.4 Å². The highest BCUT2D eigenvalue weighted by Crippen LogP contribution is 2.26. The van der Waals surface area contributed by atoms with Crippen molar-refractivity contribution in [1.29, 1.82) is 0 Å². The fraction of sp³-hybridized carbons (Fsp3) is 0. The average Bonchev–Trinajstić information content (AvgIpc) is 3.39. The summed E-state index contributed by atoms with van der Waals surface area (Å²) in [5, 5.41) is 6.09. The van der Waals surface area contributed by atoms with Crippen LogP contribution >= 0.6 is 0 Å². The molecule has 2 aromatic carbocycles. The first-order chi connectivity index (χ1) is 14.0. The van der Waals surface area contributed by atoms with Gasteiger partial charge in [0.05, 0.1) is 11.9 Å². The average molecular weight is 400 g/mol. The molecule has 0 aliphatic rings. The van der Waals surface area contributed by atoms with Gasteiger partial charge in [0.1, 0.15) is 11.3 Å². The van der Waals surface area contributed by atoms with Gasteiger partial charge < -0.3 is 9.88 Å². The molecular weight excluding hydrogens is 388 g/mol. The molecule has 1 N–H and O–H groups in total. The van der Waals surface area contributed by atoms with Crippen LogP contribution < -0.4 is 5.32 Å². The van der Waals surface area contributed by atoms with Gasteiger partial charge in [-0.25, -0.2) is 22.2 Å². The van der Waals surface area contributed by atoms with Crippen molar-refractivity contribution < 1.29 is 22.4 Å². The minimum atomic E-state index is -1.70. The van der Waals surface area contributed by atoms with Crippen LogP contribution in [-0.2, 0) is 0 Å². The van der Waals surface area contributed by atoms with Gasteiger partial charge in [0.2, 0.25) is 0 Å². The molecule has 4 rings (SSSR count). The molecule has 0 unspecified atom stereocenters. The van der Waals surface area contributed by atoms with Crippen LogP contribution in [0, 0.1) is 23.3 Å². The van der Waals surface area contributed by atoms with Crippen LogP contribution in [0.15, 0.2) is 67.1 Å². The third kappa shape index (κ3) is 3.27. The summed E-state index contributed by atoms with van der Waals surface area (Å²) in [4.78, 5) is 12.7. The maximum atomic E-state index is 13.9. The van der Waals surface area contributed by atoms with E-state index in [1.807, 2.05) is 5.32 Å². The van der Waals surface area contributed by atoms with Gasteiger partial charge in [0.15, 0.2) is 29.1 Å². The van der Waals surface area contributed by atoms with E-state index in [9.17, 15) is 22.4 Å². The predicted molar refractivity (Wildman–Crippen MR) is 97.1 cm³/mol. The van der Waals surface area contributed by atoms with Crippen molar-refractivity contribution in [3.05, 3.63) is 96.0 Å². The number of aromatic nitrogens is 3. The largest absolute Gasteiger partial charge is 0.317 e. The quantitative estimate of drug-likeness (QED) is 0.406. The number of halogens is 4. The van der Waals surface area contributed by atoms with E-state index in [4.69, 9.17) is 0 Å². The molecule has 0 fully saturated rings. The first kappa shape index (κ1) is 18.5. The molecule has 0 radical (unpaired) electrons. The highest BCUT2D eigenvalue weighted by Gasteiger charge is 2.25. The summed E-state index contributed by atoms with van der Waals surface area (Å²) < 4.78 is 57.8. The summed E-state index contributed by atoms with van der Waals surface area (Å²) in [7, 11) is 0. The molecule has 0 atom stereocenters. The number of benzene rings is 2. The number of carbonyl (C=O) groups excluding carboxylic acids is 1. The molecule has 4 aromatic rings. The van der Waals surface area contributed by atoms with Gasteiger partial charge in [-0.15, -0.1) is 0 Å². The van der Waals surface area contributed by atoms with Crippen LogP contribution in [0.5, 0.6) is 0 Å². The first-order valence-corrected chi connectivity index (χ1v) is 8.38. The van der Waals surface area contributed by atoms with Crippen molar-refractivity contribution in [2.24, 2.45) is 0 Å². The lowest BCUT2D eigenvalue weighted by Crippen LogP contribution is -2.18. The van der Waals surface area contributed by atoms with Crippen molar-refractivity contribution in [2.45, 2.75) is 0 Å². The molecule has 5 nitrogen and oxygen atoms in total. The highest BCUT2D eigenvalue weighted by atomic mass is 19.2. The maximum Gasteiger partial charge on any atom is 0.261 e. The molecule has 0 bridgehead atoms. The Kier molecular flexibility index (Phi) is 4.63. The molecule has 0 aliphatic carbocycles. The van der Waals surface area contributed by atoms with E-state index in [-0.39, 0.29) is 17.4 Å². The summed E-state index contributed by atoms with van der Waals surface area (Å²) in [6, 6.07) is 12.4. The Hall–Kier alpha value is -3.88. The van der Waals surface area contributed by atoms with E-state index in [0.717, 1.165) is 0 Å². The van der Waals surface area contributed by atoms with Crippen LogP contribution in [0.3, 0.4) is 0 Å². The summed E-state index contributed by atoms with van der Waals surface area (Å²) in [6.45, 7) is 0.